The van der Waals surface area contributed by atoms with Crippen LogP contribution in [0, 0.1) is 21.4 Å². The van der Waals surface area contributed by atoms with E-state index in [1.165, 1.54) is 42.5 Å². The maximum atomic E-state index is 11.8. The minimum atomic E-state index is -0.706. The molecular weight excluding hydrogens is 394 g/mol. The van der Waals surface area contributed by atoms with Crippen molar-refractivity contribution in [1.29, 1.82) is 5.26 Å². The monoisotopic (exact) mass is 403 g/mol. The van der Waals surface area contributed by atoms with E-state index in [4.69, 9.17) is 10.00 Å². The average molecular weight is 404 g/mol. The number of rotatable bonds is 5. The minimum absolute atomic E-state index is 0.128. The van der Waals surface area contributed by atoms with Gasteiger partial charge in [0.25, 0.3) is 11.6 Å². The van der Waals surface area contributed by atoms with E-state index in [0.717, 1.165) is 0 Å². The molecule has 25 heavy (non-hydrogen) atoms. The molecule has 1 amide bonds. The van der Waals surface area contributed by atoms with Gasteiger partial charge in [-0.25, -0.2) is 4.79 Å². The molecule has 2 rings (SSSR count). The lowest BCUT2D eigenvalue weighted by molar-refractivity contribution is -0.384. The normalized spacial score (nSPS) is 9.76. The number of carbonyl (C=O) groups excluding carboxylic acids is 2. The summed E-state index contributed by atoms with van der Waals surface area (Å²) in [7, 11) is 0. The van der Waals surface area contributed by atoms with Crippen LogP contribution in [-0.2, 0) is 9.53 Å². The van der Waals surface area contributed by atoms with Crippen molar-refractivity contribution in [3.05, 3.63) is 68.2 Å². The van der Waals surface area contributed by atoms with Gasteiger partial charge in [0.2, 0.25) is 0 Å². The number of amides is 1. The number of hydrogen-bond acceptors (Lipinski definition) is 6. The number of anilines is 1. The van der Waals surface area contributed by atoms with Crippen LogP contribution in [0.4, 0.5) is 11.4 Å². The number of nitrogens with one attached hydrogen (secondary N) is 1. The highest BCUT2D eigenvalue weighted by Crippen LogP contribution is 2.27. The van der Waals surface area contributed by atoms with E-state index in [9.17, 15) is 19.7 Å². The molecule has 0 atom stereocenters. The fourth-order valence-electron chi connectivity index (χ4n) is 1.80. The Morgan fingerprint density at radius 3 is 2.48 bits per heavy atom. The zero-order valence-electron chi connectivity index (χ0n) is 12.6. The second-order valence-electron chi connectivity index (χ2n) is 4.73. The van der Waals surface area contributed by atoms with Crippen molar-refractivity contribution >= 4 is 39.2 Å². The average Bonchev–Trinajstić information content (AvgIpc) is 2.61. The topological polar surface area (TPSA) is 122 Å². The number of hydrogen-bond donors (Lipinski definition) is 1. The van der Waals surface area contributed by atoms with Gasteiger partial charge in [-0.15, -0.1) is 0 Å². The summed E-state index contributed by atoms with van der Waals surface area (Å²) in [6.45, 7) is -0.526. The Labute approximate surface area is 150 Å². The van der Waals surface area contributed by atoms with Gasteiger partial charge < -0.3 is 10.1 Å². The van der Waals surface area contributed by atoms with E-state index < -0.39 is 23.4 Å². The molecule has 0 saturated carbocycles. The predicted molar refractivity (Wildman–Crippen MR) is 90.9 cm³/mol. The van der Waals surface area contributed by atoms with Crippen LogP contribution in [0.1, 0.15) is 15.9 Å². The van der Waals surface area contributed by atoms with E-state index in [2.05, 4.69) is 21.2 Å². The summed E-state index contributed by atoms with van der Waals surface area (Å²) in [6.07, 6.45) is 0. The summed E-state index contributed by atoms with van der Waals surface area (Å²) >= 11 is 3.12. The highest BCUT2D eigenvalue weighted by Gasteiger charge is 2.13. The Kier molecular flexibility index (Phi) is 5.81. The summed E-state index contributed by atoms with van der Waals surface area (Å²) < 4.78 is 5.21. The molecule has 2 aromatic rings. The van der Waals surface area contributed by atoms with Gasteiger partial charge in [-0.3, -0.25) is 14.9 Å². The van der Waals surface area contributed by atoms with E-state index >= 15 is 0 Å². The van der Waals surface area contributed by atoms with Crippen molar-refractivity contribution in [2.75, 3.05) is 11.9 Å². The van der Waals surface area contributed by atoms with Crippen molar-refractivity contribution in [3.63, 3.8) is 0 Å². The number of nitro groups is 1. The summed E-state index contributed by atoms with van der Waals surface area (Å²) in [6, 6.07) is 11.5. The molecule has 1 N–H and O–H groups in total. The first-order valence-electron chi connectivity index (χ1n) is 6.82. The third-order valence-corrected chi connectivity index (χ3v) is 3.68. The van der Waals surface area contributed by atoms with Gasteiger partial charge in [-0.05, 0) is 46.3 Å². The molecule has 0 aliphatic rings. The van der Waals surface area contributed by atoms with Crippen molar-refractivity contribution in [3.8, 4) is 6.07 Å². The van der Waals surface area contributed by atoms with Gasteiger partial charge in [-0.1, -0.05) is 0 Å². The third-order valence-electron chi connectivity index (χ3n) is 3.02. The van der Waals surface area contributed by atoms with Gasteiger partial charge in [-0.2, -0.15) is 5.26 Å². The van der Waals surface area contributed by atoms with Crippen molar-refractivity contribution < 1.29 is 19.2 Å². The number of carbonyl (C=O) groups is 2. The van der Waals surface area contributed by atoms with Crippen LogP contribution in [0.2, 0.25) is 0 Å². The minimum Gasteiger partial charge on any atom is -0.452 e. The summed E-state index contributed by atoms with van der Waals surface area (Å²) in [5.41, 5.74) is 0.794. The molecule has 0 aliphatic carbocycles. The van der Waals surface area contributed by atoms with Crippen LogP contribution in [0.15, 0.2) is 46.9 Å². The number of ether oxygens (including phenoxy) is 1. The number of esters is 1. The van der Waals surface area contributed by atoms with Crippen molar-refractivity contribution in [1.82, 2.24) is 0 Å². The number of non-ortho nitro benzene ring substituents is 1. The predicted octanol–water partition coefficient (Wildman–Crippen LogP) is 3.02. The smallest absolute Gasteiger partial charge is 0.338 e. The molecular formula is C16H10BrN3O5. The molecule has 0 radical (unpaired) electrons. The van der Waals surface area contributed by atoms with E-state index in [-0.39, 0.29) is 11.3 Å². The lowest BCUT2D eigenvalue weighted by Crippen LogP contribution is -2.21. The lowest BCUT2D eigenvalue weighted by Gasteiger charge is -2.08. The molecule has 0 spiro atoms. The van der Waals surface area contributed by atoms with Gasteiger partial charge in [0, 0.05) is 16.6 Å². The molecule has 0 heterocycles. The van der Waals surface area contributed by atoms with E-state index in [1.54, 1.807) is 0 Å². The Hall–Kier alpha value is -3.25. The fraction of sp³-hybridized carbons (Fsp3) is 0.0625. The van der Waals surface area contributed by atoms with Crippen LogP contribution < -0.4 is 5.32 Å². The third kappa shape index (κ3) is 4.86. The molecule has 0 aliphatic heterocycles. The first-order valence-corrected chi connectivity index (χ1v) is 7.61. The summed E-state index contributed by atoms with van der Waals surface area (Å²) in [5, 5.41) is 21.8. The standard InChI is InChI=1S/C16H10BrN3O5/c17-13-7-12(20(23)24)5-6-14(13)19-15(21)9-25-16(22)11-3-1-10(8-18)2-4-11/h1-7H,9H2,(H,19,21). The number of halogens is 1. The Morgan fingerprint density at radius 2 is 1.92 bits per heavy atom. The Bertz CT molecular complexity index is 874. The quantitative estimate of drug-likeness (QED) is 0.464. The second kappa shape index (κ2) is 8.03. The molecule has 0 bridgehead atoms. The van der Waals surface area contributed by atoms with E-state index in [1.807, 2.05) is 6.07 Å². The number of nitrogens with zero attached hydrogens (tertiary/aromatic N) is 2. The zero-order chi connectivity index (χ0) is 18.4. The first kappa shape index (κ1) is 18.1. The lowest BCUT2D eigenvalue weighted by atomic mass is 10.1. The van der Waals surface area contributed by atoms with Crippen LogP contribution in [0.25, 0.3) is 0 Å². The van der Waals surface area contributed by atoms with Crippen LogP contribution >= 0.6 is 15.9 Å². The van der Waals surface area contributed by atoms with Gasteiger partial charge >= 0.3 is 5.97 Å². The van der Waals surface area contributed by atoms with Crippen LogP contribution in [0.5, 0.6) is 0 Å². The zero-order valence-corrected chi connectivity index (χ0v) is 14.1. The van der Waals surface area contributed by atoms with Gasteiger partial charge in [0.15, 0.2) is 6.61 Å². The fourth-order valence-corrected chi connectivity index (χ4v) is 2.27. The highest BCUT2D eigenvalue weighted by atomic mass is 79.9. The Balaban J connectivity index is 1.93. The van der Waals surface area contributed by atoms with E-state index in [0.29, 0.717) is 15.7 Å². The highest BCUT2D eigenvalue weighted by molar-refractivity contribution is 9.10. The van der Waals surface area contributed by atoms with Crippen molar-refractivity contribution in [2.24, 2.45) is 0 Å². The maximum Gasteiger partial charge on any atom is 0.338 e. The molecule has 2 aromatic carbocycles. The number of nitriles is 1. The largest absolute Gasteiger partial charge is 0.452 e. The molecule has 126 valence electrons. The first-order chi connectivity index (χ1) is 11.9. The molecule has 0 aromatic heterocycles. The van der Waals surface area contributed by atoms with Gasteiger partial charge in [0.05, 0.1) is 27.8 Å². The number of nitro benzene ring substituents is 1. The van der Waals surface area contributed by atoms with Crippen molar-refractivity contribution in [2.45, 2.75) is 0 Å². The summed E-state index contributed by atoms with van der Waals surface area (Å²) in [5.74, 6) is -1.31. The summed E-state index contributed by atoms with van der Waals surface area (Å²) in [4.78, 5) is 33.8. The molecule has 0 unspecified atom stereocenters. The maximum absolute atomic E-state index is 11.8. The SMILES string of the molecule is N#Cc1ccc(C(=O)OCC(=O)Nc2ccc([N+](=O)[O-])cc2Br)cc1. The van der Waals surface area contributed by atoms with Gasteiger partial charge in [0.1, 0.15) is 0 Å². The number of benzene rings is 2. The Morgan fingerprint density at radius 1 is 1.24 bits per heavy atom. The molecule has 9 heteroatoms. The van der Waals surface area contributed by atoms with Crippen LogP contribution in [0.3, 0.4) is 0 Å². The molecule has 0 fully saturated rings. The second-order valence-corrected chi connectivity index (χ2v) is 5.59. The molecule has 0 saturated heterocycles. The molecule has 8 nitrogen and oxygen atoms in total. The van der Waals surface area contributed by atoms with Crippen LogP contribution in [-0.4, -0.2) is 23.4 Å².